The molecule has 0 radical (unpaired) electrons. The first kappa shape index (κ1) is 18.2. The fourth-order valence-corrected chi connectivity index (χ4v) is 1.70. The second kappa shape index (κ2) is 7.40. The molecule has 7 nitrogen and oxygen atoms in total. The largest absolute Gasteiger partial charge is 0.444 e. The molecule has 0 aliphatic carbocycles. The van der Waals surface area contributed by atoms with Gasteiger partial charge in [0.1, 0.15) is 5.60 Å². The van der Waals surface area contributed by atoms with E-state index in [0.29, 0.717) is 19.8 Å². The minimum Gasteiger partial charge on any atom is -0.444 e. The molecule has 0 unspecified atom stereocenters. The van der Waals surface area contributed by atoms with Crippen molar-refractivity contribution in [1.29, 1.82) is 0 Å². The molecule has 0 saturated carbocycles. The molecule has 1 fully saturated rings. The molecule has 1 saturated heterocycles. The number of hydrogen-bond acceptors (Lipinski definition) is 6. The van der Waals surface area contributed by atoms with Crippen molar-refractivity contribution in [2.24, 2.45) is 0 Å². The van der Waals surface area contributed by atoms with E-state index in [1.54, 1.807) is 20.8 Å². The lowest BCUT2D eigenvalue weighted by Crippen LogP contribution is -2.51. The van der Waals surface area contributed by atoms with Crippen LogP contribution in [0, 0.1) is 0 Å². The Morgan fingerprint density at radius 2 is 1.90 bits per heavy atom. The van der Waals surface area contributed by atoms with E-state index in [4.69, 9.17) is 14.2 Å². The molecule has 1 aliphatic rings. The van der Waals surface area contributed by atoms with Crippen LogP contribution < -0.4 is 10.6 Å². The van der Waals surface area contributed by atoms with Crippen molar-refractivity contribution in [2.45, 2.75) is 58.2 Å². The third-order valence-corrected chi connectivity index (χ3v) is 2.79. The highest BCUT2D eigenvalue weighted by molar-refractivity contribution is 5.67. The van der Waals surface area contributed by atoms with E-state index in [0.717, 1.165) is 0 Å². The quantitative estimate of drug-likeness (QED) is 0.690. The summed E-state index contributed by atoms with van der Waals surface area (Å²) < 4.78 is 16.1. The summed E-state index contributed by atoms with van der Waals surface area (Å²) in [6, 6.07) is 0.0363. The molecule has 1 rings (SSSR count). The predicted molar refractivity (Wildman–Crippen MR) is 78.0 cm³/mol. The number of hydrogen-bond donors (Lipinski definition) is 3. The molecule has 0 aromatic rings. The average Bonchev–Trinajstić information content (AvgIpc) is 2.33. The Morgan fingerprint density at radius 3 is 2.43 bits per heavy atom. The Bertz CT molecular complexity index is 331. The van der Waals surface area contributed by atoms with Crippen LogP contribution in [0.15, 0.2) is 0 Å². The van der Waals surface area contributed by atoms with E-state index in [1.807, 2.05) is 13.8 Å². The number of carbonyl (C=O) groups is 1. The van der Waals surface area contributed by atoms with Crippen molar-refractivity contribution in [3.63, 3.8) is 0 Å². The smallest absolute Gasteiger partial charge is 0.407 e. The predicted octanol–water partition coefficient (Wildman–Crippen LogP) is 0.613. The Hall–Kier alpha value is -0.890. The van der Waals surface area contributed by atoms with Gasteiger partial charge >= 0.3 is 6.09 Å². The molecule has 0 spiro atoms. The van der Waals surface area contributed by atoms with Crippen molar-refractivity contribution in [1.82, 2.24) is 10.6 Å². The SMILES string of the molecule is CC(C)(C)OC(=O)NC[C@H](O)CNC1COC(C)(C)OC1. The highest BCUT2D eigenvalue weighted by atomic mass is 16.7. The van der Waals surface area contributed by atoms with Crippen LogP contribution in [0.25, 0.3) is 0 Å². The van der Waals surface area contributed by atoms with Crippen LogP contribution in [0.1, 0.15) is 34.6 Å². The zero-order valence-corrected chi connectivity index (χ0v) is 13.6. The van der Waals surface area contributed by atoms with Gasteiger partial charge in [-0.1, -0.05) is 0 Å². The Balaban J connectivity index is 2.14. The molecule has 0 bridgehead atoms. The monoisotopic (exact) mass is 304 g/mol. The minimum absolute atomic E-state index is 0.0363. The topological polar surface area (TPSA) is 89.1 Å². The van der Waals surface area contributed by atoms with Gasteiger partial charge in [0.2, 0.25) is 0 Å². The lowest BCUT2D eigenvalue weighted by Gasteiger charge is -2.35. The third kappa shape index (κ3) is 8.21. The normalized spacial score (nSPS) is 20.9. The van der Waals surface area contributed by atoms with Gasteiger partial charge in [-0.3, -0.25) is 0 Å². The summed E-state index contributed by atoms with van der Waals surface area (Å²) in [4.78, 5) is 11.4. The number of amides is 1. The Morgan fingerprint density at radius 1 is 1.33 bits per heavy atom. The van der Waals surface area contributed by atoms with Crippen molar-refractivity contribution in [2.75, 3.05) is 26.3 Å². The van der Waals surface area contributed by atoms with E-state index in [-0.39, 0.29) is 12.6 Å². The third-order valence-electron chi connectivity index (χ3n) is 2.79. The second-order valence-corrected chi connectivity index (χ2v) is 6.66. The maximum absolute atomic E-state index is 11.4. The van der Waals surface area contributed by atoms with Crippen molar-refractivity contribution in [3.8, 4) is 0 Å². The molecular formula is C14H28N2O5. The van der Waals surface area contributed by atoms with Crippen molar-refractivity contribution in [3.05, 3.63) is 0 Å². The summed E-state index contributed by atoms with van der Waals surface area (Å²) in [5.41, 5.74) is -0.545. The zero-order chi connectivity index (χ0) is 16.1. The van der Waals surface area contributed by atoms with Crippen molar-refractivity contribution >= 4 is 6.09 Å². The van der Waals surface area contributed by atoms with Gasteiger partial charge in [-0.15, -0.1) is 0 Å². The van der Waals surface area contributed by atoms with Crippen LogP contribution in [0.4, 0.5) is 4.79 Å². The molecule has 1 amide bonds. The molecule has 124 valence electrons. The van der Waals surface area contributed by atoms with Crippen LogP contribution in [0.5, 0.6) is 0 Å². The van der Waals surface area contributed by atoms with Gasteiger partial charge in [-0.25, -0.2) is 4.79 Å². The highest BCUT2D eigenvalue weighted by Gasteiger charge is 2.28. The van der Waals surface area contributed by atoms with Crippen LogP contribution in [-0.4, -0.2) is 61.0 Å². The maximum Gasteiger partial charge on any atom is 0.407 e. The number of aliphatic hydroxyl groups excluding tert-OH is 1. The fraction of sp³-hybridized carbons (Fsp3) is 0.929. The van der Waals surface area contributed by atoms with Crippen LogP contribution in [0.3, 0.4) is 0 Å². The van der Waals surface area contributed by atoms with Gasteiger partial charge in [0, 0.05) is 13.1 Å². The molecule has 21 heavy (non-hydrogen) atoms. The van der Waals surface area contributed by atoms with Crippen LogP contribution in [0.2, 0.25) is 0 Å². The van der Waals surface area contributed by atoms with Crippen LogP contribution >= 0.6 is 0 Å². The summed E-state index contributed by atoms with van der Waals surface area (Å²) >= 11 is 0. The van der Waals surface area contributed by atoms with Gasteiger partial charge < -0.3 is 30.0 Å². The number of aliphatic hydroxyl groups is 1. The molecular weight excluding hydrogens is 276 g/mol. The Labute approximate surface area is 126 Å². The molecule has 0 aromatic carbocycles. The Kier molecular flexibility index (Phi) is 6.40. The summed E-state index contributed by atoms with van der Waals surface area (Å²) in [7, 11) is 0. The van der Waals surface area contributed by atoms with Gasteiger partial charge in [0.15, 0.2) is 5.79 Å². The lowest BCUT2D eigenvalue weighted by atomic mass is 10.2. The lowest BCUT2D eigenvalue weighted by molar-refractivity contribution is -0.253. The average molecular weight is 304 g/mol. The van der Waals surface area contributed by atoms with E-state index >= 15 is 0 Å². The van der Waals surface area contributed by atoms with Crippen molar-refractivity contribution < 1.29 is 24.1 Å². The van der Waals surface area contributed by atoms with Gasteiger partial charge in [0.25, 0.3) is 0 Å². The minimum atomic E-state index is -0.701. The van der Waals surface area contributed by atoms with Gasteiger partial charge in [0.05, 0.1) is 25.4 Å². The summed E-state index contributed by atoms with van der Waals surface area (Å²) in [6.07, 6.45) is -1.24. The van der Waals surface area contributed by atoms with E-state index < -0.39 is 23.6 Å². The number of ether oxygens (including phenoxy) is 3. The maximum atomic E-state index is 11.4. The molecule has 1 atom stereocenters. The van der Waals surface area contributed by atoms with Gasteiger partial charge in [-0.2, -0.15) is 0 Å². The van der Waals surface area contributed by atoms with E-state index in [9.17, 15) is 9.90 Å². The van der Waals surface area contributed by atoms with E-state index in [2.05, 4.69) is 10.6 Å². The van der Waals surface area contributed by atoms with Gasteiger partial charge in [-0.05, 0) is 34.6 Å². The fourth-order valence-electron chi connectivity index (χ4n) is 1.70. The van der Waals surface area contributed by atoms with E-state index in [1.165, 1.54) is 0 Å². The molecule has 0 aromatic heterocycles. The molecule has 1 aliphatic heterocycles. The van der Waals surface area contributed by atoms with Crippen LogP contribution in [-0.2, 0) is 14.2 Å². The summed E-state index contributed by atoms with van der Waals surface area (Å²) in [5.74, 6) is -0.547. The standard InChI is InChI=1S/C14H28N2O5/c1-13(2,3)21-12(18)16-7-11(17)6-15-10-8-19-14(4,5)20-9-10/h10-11,15,17H,6-9H2,1-5H3,(H,16,18)/t11-/m1/s1. The molecule has 1 heterocycles. The zero-order valence-electron chi connectivity index (χ0n) is 13.6. The second-order valence-electron chi connectivity index (χ2n) is 6.66. The highest BCUT2D eigenvalue weighted by Crippen LogP contribution is 2.16. The first-order valence-corrected chi connectivity index (χ1v) is 7.23. The molecule has 7 heteroatoms. The summed E-state index contributed by atoms with van der Waals surface area (Å²) in [6.45, 7) is 10.6. The number of alkyl carbamates (subject to hydrolysis) is 1. The number of rotatable bonds is 5. The number of nitrogens with one attached hydrogen (secondary N) is 2. The molecule has 3 N–H and O–H groups in total. The first-order valence-electron chi connectivity index (χ1n) is 7.23. The first-order chi connectivity index (χ1) is 9.57. The number of carbonyl (C=O) groups excluding carboxylic acids is 1. The summed E-state index contributed by atoms with van der Waals surface area (Å²) in [5, 5.41) is 15.5.